The molecular formula is C19H24BrIN4. The molecule has 0 saturated heterocycles. The summed E-state index contributed by atoms with van der Waals surface area (Å²) < 4.78 is 1.14. The van der Waals surface area contributed by atoms with E-state index in [1.807, 2.05) is 19.2 Å². The maximum atomic E-state index is 4.33. The highest BCUT2D eigenvalue weighted by Crippen LogP contribution is 2.48. The van der Waals surface area contributed by atoms with Crippen LogP contribution in [0.1, 0.15) is 29.7 Å². The summed E-state index contributed by atoms with van der Waals surface area (Å²) in [5.74, 6) is 0.830. The minimum atomic E-state index is 0. The second-order valence-corrected chi connectivity index (χ2v) is 7.29. The second kappa shape index (κ2) is 8.98. The molecule has 0 amide bonds. The summed E-state index contributed by atoms with van der Waals surface area (Å²) in [6, 6.07) is 12.7. The molecule has 1 saturated carbocycles. The summed E-state index contributed by atoms with van der Waals surface area (Å²) >= 11 is 3.57. The molecule has 1 aliphatic carbocycles. The lowest BCUT2D eigenvalue weighted by atomic mass is 9.96. The van der Waals surface area contributed by atoms with Crippen LogP contribution in [0.15, 0.2) is 52.1 Å². The maximum absolute atomic E-state index is 4.33. The van der Waals surface area contributed by atoms with Gasteiger partial charge in [-0.3, -0.25) is 9.98 Å². The number of hydrogen-bond donors (Lipinski definition) is 2. The van der Waals surface area contributed by atoms with E-state index in [0.29, 0.717) is 0 Å². The Morgan fingerprint density at radius 2 is 2.04 bits per heavy atom. The molecule has 134 valence electrons. The molecule has 2 aromatic rings. The van der Waals surface area contributed by atoms with Crippen molar-refractivity contribution in [3.63, 3.8) is 0 Å². The molecule has 0 unspecified atom stereocenters. The third-order valence-electron chi connectivity index (χ3n) is 4.54. The van der Waals surface area contributed by atoms with Gasteiger partial charge in [-0.2, -0.15) is 0 Å². The van der Waals surface area contributed by atoms with Gasteiger partial charge in [-0.25, -0.2) is 0 Å². The summed E-state index contributed by atoms with van der Waals surface area (Å²) in [5, 5.41) is 6.83. The average Bonchev–Trinajstić information content (AvgIpc) is 3.38. The first kappa shape index (κ1) is 20.2. The summed E-state index contributed by atoms with van der Waals surface area (Å²) in [5.41, 5.74) is 3.82. The first-order chi connectivity index (χ1) is 11.6. The van der Waals surface area contributed by atoms with Gasteiger partial charge in [0.05, 0.1) is 0 Å². The quantitative estimate of drug-likeness (QED) is 0.357. The molecule has 1 aromatic heterocycles. The van der Waals surface area contributed by atoms with Crippen LogP contribution in [-0.4, -0.2) is 24.5 Å². The third-order valence-corrected chi connectivity index (χ3v) is 5.03. The fourth-order valence-corrected chi connectivity index (χ4v) is 3.20. The van der Waals surface area contributed by atoms with Crippen LogP contribution in [-0.2, 0) is 12.0 Å². The molecular weight excluding hydrogens is 491 g/mol. The molecule has 1 aromatic carbocycles. The fourth-order valence-electron chi connectivity index (χ4n) is 2.80. The number of aliphatic imine (C=N–C) groups is 1. The van der Waals surface area contributed by atoms with Gasteiger partial charge < -0.3 is 10.6 Å². The highest BCUT2D eigenvalue weighted by molar-refractivity contribution is 14.0. The second-order valence-electron chi connectivity index (χ2n) is 6.38. The summed E-state index contributed by atoms with van der Waals surface area (Å²) in [4.78, 5) is 8.65. The van der Waals surface area contributed by atoms with E-state index in [1.54, 1.807) is 7.05 Å². The predicted octanol–water partition coefficient (Wildman–Crippen LogP) is 4.17. The van der Waals surface area contributed by atoms with Crippen LogP contribution in [0.3, 0.4) is 0 Å². The van der Waals surface area contributed by atoms with Crippen molar-refractivity contribution >= 4 is 45.9 Å². The minimum Gasteiger partial charge on any atom is -0.356 e. The van der Waals surface area contributed by atoms with Crippen LogP contribution in [0.2, 0.25) is 0 Å². The van der Waals surface area contributed by atoms with E-state index in [9.17, 15) is 0 Å². The van der Waals surface area contributed by atoms with Gasteiger partial charge in [-0.1, -0.05) is 34.1 Å². The first-order valence-corrected chi connectivity index (χ1v) is 9.03. The van der Waals surface area contributed by atoms with Crippen LogP contribution in [0.5, 0.6) is 0 Å². The number of benzene rings is 1. The lowest BCUT2D eigenvalue weighted by molar-refractivity contribution is 0.645. The molecule has 0 atom stereocenters. The Balaban J connectivity index is 0.00000225. The number of pyridine rings is 1. The SMILES string of the molecule is CN=C(NCc1ccc(C)nc1)NCC1(c2cccc(Br)c2)CC1.I. The van der Waals surface area contributed by atoms with Crippen molar-refractivity contribution in [3.8, 4) is 0 Å². The number of rotatable bonds is 5. The predicted molar refractivity (Wildman–Crippen MR) is 118 cm³/mol. The number of aromatic nitrogens is 1. The van der Waals surface area contributed by atoms with Crippen molar-refractivity contribution in [2.45, 2.75) is 31.7 Å². The van der Waals surface area contributed by atoms with Crippen LogP contribution < -0.4 is 10.6 Å². The van der Waals surface area contributed by atoms with E-state index < -0.39 is 0 Å². The standard InChI is InChI=1S/C19H23BrN4.HI/c1-14-6-7-15(11-22-14)12-23-18(21-2)24-13-19(8-9-19)16-4-3-5-17(20)10-16;/h3-7,10-11H,8-9,12-13H2,1-2H3,(H2,21,23,24);1H. The zero-order valence-electron chi connectivity index (χ0n) is 14.6. The Labute approximate surface area is 175 Å². The summed E-state index contributed by atoms with van der Waals surface area (Å²) in [6.45, 7) is 3.61. The van der Waals surface area contributed by atoms with Crippen LogP contribution in [0, 0.1) is 6.92 Å². The van der Waals surface area contributed by atoms with Gasteiger partial charge in [0, 0.05) is 41.9 Å². The van der Waals surface area contributed by atoms with Crippen molar-refractivity contribution < 1.29 is 0 Å². The topological polar surface area (TPSA) is 49.3 Å². The smallest absolute Gasteiger partial charge is 0.191 e. The molecule has 4 nitrogen and oxygen atoms in total. The number of aryl methyl sites for hydroxylation is 1. The summed E-state index contributed by atoms with van der Waals surface area (Å²) in [6.07, 6.45) is 4.34. The van der Waals surface area contributed by atoms with Crippen LogP contribution >= 0.6 is 39.9 Å². The van der Waals surface area contributed by atoms with Gasteiger partial charge in [0.2, 0.25) is 0 Å². The van der Waals surface area contributed by atoms with Crippen LogP contribution in [0.25, 0.3) is 0 Å². The lowest BCUT2D eigenvalue weighted by Gasteiger charge is -2.19. The minimum absolute atomic E-state index is 0. The first-order valence-electron chi connectivity index (χ1n) is 8.23. The highest BCUT2D eigenvalue weighted by Gasteiger charge is 2.44. The van der Waals surface area contributed by atoms with E-state index in [2.05, 4.69) is 66.9 Å². The zero-order valence-corrected chi connectivity index (χ0v) is 18.5. The van der Waals surface area contributed by atoms with Crippen molar-refractivity contribution in [1.29, 1.82) is 0 Å². The Morgan fingerprint density at radius 3 is 2.64 bits per heavy atom. The van der Waals surface area contributed by atoms with Gasteiger partial charge in [0.1, 0.15) is 0 Å². The molecule has 0 spiro atoms. The normalized spacial score (nSPS) is 15.2. The molecule has 0 aliphatic heterocycles. The van der Waals surface area contributed by atoms with E-state index in [4.69, 9.17) is 0 Å². The molecule has 3 rings (SSSR count). The molecule has 25 heavy (non-hydrogen) atoms. The zero-order chi connectivity index (χ0) is 17.0. The number of guanidine groups is 1. The molecule has 0 radical (unpaired) electrons. The average molecular weight is 515 g/mol. The highest BCUT2D eigenvalue weighted by atomic mass is 127. The monoisotopic (exact) mass is 514 g/mol. The Kier molecular flexibility index (Phi) is 7.25. The molecule has 1 heterocycles. The number of hydrogen-bond acceptors (Lipinski definition) is 2. The van der Waals surface area contributed by atoms with Gasteiger partial charge in [0.25, 0.3) is 0 Å². The van der Waals surface area contributed by atoms with Crippen molar-refractivity contribution in [2.75, 3.05) is 13.6 Å². The fraction of sp³-hybridized carbons (Fsp3) is 0.368. The number of nitrogens with one attached hydrogen (secondary N) is 2. The molecule has 0 bridgehead atoms. The molecule has 2 N–H and O–H groups in total. The molecule has 1 fully saturated rings. The van der Waals surface area contributed by atoms with Gasteiger partial charge in [-0.15, -0.1) is 24.0 Å². The van der Waals surface area contributed by atoms with Crippen molar-refractivity contribution in [2.24, 2.45) is 4.99 Å². The van der Waals surface area contributed by atoms with Gasteiger partial charge in [0.15, 0.2) is 5.96 Å². The molecule has 1 aliphatic rings. The third kappa shape index (κ3) is 5.41. The van der Waals surface area contributed by atoms with E-state index >= 15 is 0 Å². The van der Waals surface area contributed by atoms with E-state index in [0.717, 1.165) is 34.8 Å². The van der Waals surface area contributed by atoms with Crippen molar-refractivity contribution in [3.05, 3.63) is 63.9 Å². The largest absolute Gasteiger partial charge is 0.356 e. The summed E-state index contributed by atoms with van der Waals surface area (Å²) in [7, 11) is 1.81. The van der Waals surface area contributed by atoms with Gasteiger partial charge in [-0.05, 0) is 49.1 Å². The lowest BCUT2D eigenvalue weighted by Crippen LogP contribution is -2.40. The van der Waals surface area contributed by atoms with Crippen LogP contribution in [0.4, 0.5) is 0 Å². The Hall–Kier alpha value is -1.15. The number of halogens is 2. The Bertz CT molecular complexity index is 726. The molecule has 6 heteroatoms. The Morgan fingerprint density at radius 1 is 1.24 bits per heavy atom. The van der Waals surface area contributed by atoms with Crippen molar-refractivity contribution in [1.82, 2.24) is 15.6 Å². The number of nitrogens with zero attached hydrogens (tertiary/aromatic N) is 2. The van der Waals surface area contributed by atoms with E-state index in [-0.39, 0.29) is 29.4 Å². The van der Waals surface area contributed by atoms with E-state index in [1.165, 1.54) is 18.4 Å². The van der Waals surface area contributed by atoms with Gasteiger partial charge >= 0.3 is 0 Å². The maximum Gasteiger partial charge on any atom is 0.191 e.